The number of nitrogens with one attached hydrogen (secondary N) is 1. The highest BCUT2D eigenvalue weighted by Crippen LogP contribution is 2.26. The third-order valence-corrected chi connectivity index (χ3v) is 2.67. The number of aliphatic hydroxyl groups excluding tert-OH is 1. The first-order chi connectivity index (χ1) is 9.10. The van der Waals surface area contributed by atoms with Crippen LogP contribution >= 0.6 is 11.6 Å². The van der Waals surface area contributed by atoms with Crippen molar-refractivity contribution in [1.29, 1.82) is 0 Å². The van der Waals surface area contributed by atoms with E-state index in [1.807, 2.05) is 0 Å². The van der Waals surface area contributed by atoms with Crippen LogP contribution in [0.25, 0.3) is 0 Å². The first kappa shape index (κ1) is 13.7. The molecule has 8 heteroatoms. The summed E-state index contributed by atoms with van der Waals surface area (Å²) < 4.78 is 27.8. The lowest BCUT2D eigenvalue weighted by atomic mass is 10.3. The van der Waals surface area contributed by atoms with E-state index in [2.05, 4.69) is 15.6 Å². The van der Waals surface area contributed by atoms with Gasteiger partial charge in [0.2, 0.25) is 0 Å². The van der Waals surface area contributed by atoms with Crippen molar-refractivity contribution >= 4 is 17.3 Å². The van der Waals surface area contributed by atoms with Crippen LogP contribution in [-0.4, -0.2) is 26.7 Å². The van der Waals surface area contributed by atoms with Crippen molar-refractivity contribution in [2.24, 2.45) is 0 Å². The van der Waals surface area contributed by atoms with Crippen LogP contribution in [0, 0.1) is 11.6 Å². The Kier molecular flexibility index (Phi) is 4.28. The third-order valence-electron chi connectivity index (χ3n) is 2.37. The normalized spacial score (nSPS) is 10.7. The highest BCUT2D eigenvalue weighted by molar-refractivity contribution is 6.33. The van der Waals surface area contributed by atoms with E-state index in [0.29, 0.717) is 12.2 Å². The van der Waals surface area contributed by atoms with Gasteiger partial charge < -0.3 is 10.4 Å². The highest BCUT2D eigenvalue weighted by Gasteiger charge is 2.10. The molecule has 0 saturated heterocycles. The standard InChI is InChI=1S/C11H11ClF2N4O/c12-9-3-7(13)4-10(14)11(9)15-5-8-6-18(1-2-19)17-16-8/h3-4,6,15,19H,1-2,5H2. The first-order valence-electron chi connectivity index (χ1n) is 5.48. The molecule has 0 unspecified atom stereocenters. The highest BCUT2D eigenvalue weighted by atomic mass is 35.5. The van der Waals surface area contributed by atoms with Gasteiger partial charge in [-0.1, -0.05) is 16.8 Å². The molecule has 2 rings (SSSR count). The van der Waals surface area contributed by atoms with Crippen molar-refractivity contribution in [3.8, 4) is 0 Å². The van der Waals surface area contributed by atoms with Crippen molar-refractivity contribution in [1.82, 2.24) is 15.0 Å². The lowest BCUT2D eigenvalue weighted by molar-refractivity contribution is 0.268. The maximum atomic E-state index is 13.5. The van der Waals surface area contributed by atoms with Crippen LogP contribution in [0.5, 0.6) is 0 Å². The number of benzene rings is 1. The molecule has 0 radical (unpaired) electrons. The van der Waals surface area contributed by atoms with Gasteiger partial charge in [-0.2, -0.15) is 0 Å². The summed E-state index contributed by atoms with van der Waals surface area (Å²) in [5.41, 5.74) is 0.563. The topological polar surface area (TPSA) is 63.0 Å². The summed E-state index contributed by atoms with van der Waals surface area (Å²) in [7, 11) is 0. The molecule has 0 fully saturated rings. The van der Waals surface area contributed by atoms with Gasteiger partial charge in [-0.25, -0.2) is 13.5 Å². The zero-order valence-electron chi connectivity index (χ0n) is 9.78. The lowest BCUT2D eigenvalue weighted by Crippen LogP contribution is -2.03. The zero-order chi connectivity index (χ0) is 13.8. The van der Waals surface area contributed by atoms with Gasteiger partial charge in [-0.15, -0.1) is 5.10 Å². The average Bonchev–Trinajstić information content (AvgIpc) is 2.76. The van der Waals surface area contributed by atoms with Crippen LogP contribution in [0.4, 0.5) is 14.5 Å². The summed E-state index contributed by atoms with van der Waals surface area (Å²) >= 11 is 5.74. The van der Waals surface area contributed by atoms with Gasteiger partial charge >= 0.3 is 0 Å². The summed E-state index contributed by atoms with van der Waals surface area (Å²) in [4.78, 5) is 0. The molecule has 2 aromatic rings. The summed E-state index contributed by atoms with van der Waals surface area (Å²) in [5, 5.41) is 19.0. The van der Waals surface area contributed by atoms with Gasteiger partial charge in [0.1, 0.15) is 11.5 Å². The molecule has 0 saturated carbocycles. The molecule has 1 aromatic carbocycles. The summed E-state index contributed by atoms with van der Waals surface area (Å²) in [6.45, 7) is 0.473. The predicted octanol–water partition coefficient (Wildman–Crippen LogP) is 1.81. The molecular weight excluding hydrogens is 278 g/mol. The monoisotopic (exact) mass is 288 g/mol. The minimum Gasteiger partial charge on any atom is -0.394 e. The number of hydrogen-bond acceptors (Lipinski definition) is 4. The van der Waals surface area contributed by atoms with Crippen LogP contribution in [0.2, 0.25) is 5.02 Å². The van der Waals surface area contributed by atoms with Crippen molar-refractivity contribution in [2.45, 2.75) is 13.1 Å². The smallest absolute Gasteiger partial charge is 0.150 e. The largest absolute Gasteiger partial charge is 0.394 e. The van der Waals surface area contributed by atoms with Crippen LogP contribution in [0.3, 0.4) is 0 Å². The van der Waals surface area contributed by atoms with Crippen molar-refractivity contribution in [2.75, 3.05) is 11.9 Å². The molecule has 19 heavy (non-hydrogen) atoms. The van der Waals surface area contributed by atoms with Gasteiger partial charge in [0.05, 0.1) is 36.6 Å². The Labute approximate surface area is 112 Å². The second-order valence-corrected chi connectivity index (χ2v) is 4.20. The Morgan fingerprint density at radius 3 is 2.84 bits per heavy atom. The first-order valence-corrected chi connectivity index (χ1v) is 5.86. The SMILES string of the molecule is OCCn1cc(CNc2c(F)cc(F)cc2Cl)nn1. The number of rotatable bonds is 5. The van der Waals surface area contributed by atoms with Crippen LogP contribution in [-0.2, 0) is 13.1 Å². The number of halogens is 3. The quantitative estimate of drug-likeness (QED) is 0.881. The number of aromatic nitrogens is 3. The number of anilines is 1. The van der Waals surface area contributed by atoms with Gasteiger partial charge in [-0.05, 0) is 6.07 Å². The fourth-order valence-electron chi connectivity index (χ4n) is 1.52. The summed E-state index contributed by atoms with van der Waals surface area (Å²) in [5.74, 6) is -1.50. The molecule has 5 nitrogen and oxygen atoms in total. The van der Waals surface area contributed by atoms with Crippen LogP contribution < -0.4 is 5.32 Å². The molecule has 1 heterocycles. The molecule has 0 atom stereocenters. The molecule has 0 amide bonds. The van der Waals surface area contributed by atoms with E-state index < -0.39 is 11.6 Å². The van der Waals surface area contributed by atoms with E-state index in [1.54, 1.807) is 6.20 Å². The molecule has 0 aliphatic rings. The second-order valence-electron chi connectivity index (χ2n) is 3.79. The number of nitrogens with zero attached hydrogens (tertiary/aromatic N) is 3. The minimum absolute atomic E-state index is 0.0137. The Morgan fingerprint density at radius 2 is 2.16 bits per heavy atom. The maximum Gasteiger partial charge on any atom is 0.150 e. The molecule has 102 valence electrons. The lowest BCUT2D eigenvalue weighted by Gasteiger charge is -2.07. The van der Waals surface area contributed by atoms with Crippen molar-refractivity contribution in [3.63, 3.8) is 0 Å². The Morgan fingerprint density at radius 1 is 1.37 bits per heavy atom. The zero-order valence-corrected chi connectivity index (χ0v) is 10.5. The third kappa shape index (κ3) is 3.39. The van der Waals surface area contributed by atoms with Crippen LogP contribution in [0.15, 0.2) is 18.3 Å². The van der Waals surface area contributed by atoms with Crippen molar-refractivity contribution < 1.29 is 13.9 Å². The molecule has 0 spiro atoms. The fraction of sp³-hybridized carbons (Fsp3) is 0.273. The molecule has 2 N–H and O–H groups in total. The van der Waals surface area contributed by atoms with E-state index in [1.165, 1.54) is 4.68 Å². The molecule has 0 aliphatic heterocycles. The summed E-state index contributed by atoms with van der Waals surface area (Å²) in [6, 6.07) is 1.77. The average molecular weight is 289 g/mol. The second kappa shape index (κ2) is 5.94. The Bertz CT molecular complexity index is 553. The summed E-state index contributed by atoms with van der Waals surface area (Å²) in [6.07, 6.45) is 1.61. The molecular formula is C11H11ClF2N4O. The van der Waals surface area contributed by atoms with Gasteiger partial charge in [-0.3, -0.25) is 0 Å². The molecule has 1 aromatic heterocycles. The van der Waals surface area contributed by atoms with E-state index in [9.17, 15) is 8.78 Å². The number of hydrogen-bond donors (Lipinski definition) is 2. The van der Waals surface area contributed by atoms with Crippen molar-refractivity contribution in [3.05, 3.63) is 40.7 Å². The molecule has 0 bridgehead atoms. The maximum absolute atomic E-state index is 13.5. The van der Waals surface area contributed by atoms with Gasteiger partial charge in [0.15, 0.2) is 5.82 Å². The van der Waals surface area contributed by atoms with Crippen LogP contribution in [0.1, 0.15) is 5.69 Å². The Balaban J connectivity index is 2.05. The predicted molar refractivity (Wildman–Crippen MR) is 65.8 cm³/mol. The van der Waals surface area contributed by atoms with E-state index in [0.717, 1.165) is 12.1 Å². The van der Waals surface area contributed by atoms with Gasteiger partial charge in [0.25, 0.3) is 0 Å². The minimum atomic E-state index is -0.771. The van der Waals surface area contributed by atoms with E-state index in [4.69, 9.17) is 16.7 Å². The van der Waals surface area contributed by atoms with E-state index in [-0.39, 0.29) is 23.9 Å². The molecule has 0 aliphatic carbocycles. The van der Waals surface area contributed by atoms with Gasteiger partial charge in [0, 0.05) is 6.07 Å². The van der Waals surface area contributed by atoms with E-state index >= 15 is 0 Å². The fourth-order valence-corrected chi connectivity index (χ4v) is 1.78. The Hall–Kier alpha value is -1.73. The number of aliphatic hydroxyl groups is 1.